The predicted molar refractivity (Wildman–Crippen MR) is 104 cm³/mol. The number of benzene rings is 2. The fourth-order valence-electron chi connectivity index (χ4n) is 3.59. The number of nitriles is 1. The van der Waals surface area contributed by atoms with Crippen LogP contribution in [0.2, 0.25) is 0 Å². The molecule has 1 N–H and O–H groups in total. The molecule has 2 heterocycles. The number of rotatable bonds is 3. The van der Waals surface area contributed by atoms with E-state index in [0.29, 0.717) is 48.4 Å². The second-order valence-electron chi connectivity index (χ2n) is 7.14. The van der Waals surface area contributed by atoms with Crippen LogP contribution >= 0.6 is 0 Å². The molecule has 1 aromatic heterocycles. The summed E-state index contributed by atoms with van der Waals surface area (Å²) in [7, 11) is 0. The van der Waals surface area contributed by atoms with Crippen LogP contribution in [0.25, 0.3) is 11.4 Å². The topological polar surface area (TPSA) is 72.8 Å². The van der Waals surface area contributed by atoms with Gasteiger partial charge in [-0.25, -0.2) is 4.98 Å². The van der Waals surface area contributed by atoms with Crippen LogP contribution in [0.5, 0.6) is 0 Å². The number of fused-ring (bicyclic) bond motifs is 1. The molecule has 1 aliphatic heterocycles. The lowest BCUT2D eigenvalue weighted by atomic mass is 10.0. The van der Waals surface area contributed by atoms with Gasteiger partial charge in [-0.2, -0.15) is 18.4 Å². The van der Waals surface area contributed by atoms with Crippen LogP contribution in [0.15, 0.2) is 53.3 Å². The van der Waals surface area contributed by atoms with Gasteiger partial charge in [-0.05, 0) is 30.2 Å². The van der Waals surface area contributed by atoms with E-state index in [1.54, 1.807) is 6.07 Å². The summed E-state index contributed by atoms with van der Waals surface area (Å²) in [6.45, 7) is 1.62. The first kappa shape index (κ1) is 19.9. The Morgan fingerprint density at radius 1 is 1.13 bits per heavy atom. The van der Waals surface area contributed by atoms with Gasteiger partial charge in [-0.3, -0.25) is 9.69 Å². The molecule has 0 spiro atoms. The average Bonchev–Trinajstić information content (AvgIpc) is 2.73. The minimum absolute atomic E-state index is 0.242. The highest BCUT2D eigenvalue weighted by molar-refractivity contribution is 5.56. The smallest absolute Gasteiger partial charge is 0.306 e. The van der Waals surface area contributed by atoms with Crippen molar-refractivity contribution in [2.75, 3.05) is 6.54 Å². The highest BCUT2D eigenvalue weighted by Crippen LogP contribution is 2.30. The molecule has 30 heavy (non-hydrogen) atoms. The number of halogens is 3. The molecular weight excluding hydrogens is 393 g/mol. The third-order valence-electron chi connectivity index (χ3n) is 5.17. The summed E-state index contributed by atoms with van der Waals surface area (Å²) in [4.78, 5) is 21.8. The van der Waals surface area contributed by atoms with Gasteiger partial charge >= 0.3 is 6.18 Å². The number of hydrogen-bond acceptors (Lipinski definition) is 4. The van der Waals surface area contributed by atoms with E-state index in [2.05, 4.69) is 20.9 Å². The Morgan fingerprint density at radius 3 is 2.57 bits per heavy atom. The molecule has 2 aromatic carbocycles. The minimum Gasteiger partial charge on any atom is -0.306 e. The zero-order valence-electron chi connectivity index (χ0n) is 15.8. The number of hydrogen-bond donors (Lipinski definition) is 1. The molecule has 0 unspecified atom stereocenters. The SMILES string of the molecule is N#Cc1ccccc1CN1CCc2c(nc(-c3ccc(C(F)(F)F)cc3)[nH]c2=O)C1. The molecule has 4 rings (SSSR count). The molecule has 0 aliphatic carbocycles. The third-order valence-corrected chi connectivity index (χ3v) is 5.17. The largest absolute Gasteiger partial charge is 0.416 e. The van der Waals surface area contributed by atoms with Gasteiger partial charge in [0.05, 0.1) is 22.9 Å². The van der Waals surface area contributed by atoms with Gasteiger partial charge in [0.2, 0.25) is 0 Å². The van der Waals surface area contributed by atoms with E-state index in [0.717, 1.165) is 17.7 Å². The van der Waals surface area contributed by atoms with E-state index in [1.807, 2.05) is 18.2 Å². The first-order chi connectivity index (χ1) is 14.3. The van der Waals surface area contributed by atoms with Crippen molar-refractivity contribution in [2.45, 2.75) is 25.7 Å². The number of aromatic nitrogens is 2. The molecule has 0 bridgehead atoms. The summed E-state index contributed by atoms with van der Waals surface area (Å²) in [5, 5.41) is 9.28. The predicted octanol–water partition coefficient (Wildman–Crippen LogP) is 3.89. The maximum absolute atomic E-state index is 12.8. The second kappa shape index (κ2) is 7.76. The molecule has 3 aromatic rings. The van der Waals surface area contributed by atoms with Crippen molar-refractivity contribution in [3.63, 3.8) is 0 Å². The standard InChI is InChI=1S/C22H17F3N4O/c23-22(24,25)17-7-5-14(6-8-17)20-27-19-13-29(10-9-18(19)21(30)28-20)12-16-4-2-1-3-15(16)11-26/h1-8H,9-10,12-13H2,(H,27,28,30). The Balaban J connectivity index is 1.61. The van der Waals surface area contributed by atoms with Gasteiger partial charge in [0.1, 0.15) is 5.82 Å². The first-order valence-corrected chi connectivity index (χ1v) is 9.35. The Bertz CT molecular complexity index is 1180. The summed E-state index contributed by atoms with van der Waals surface area (Å²) in [5.41, 5.74) is 2.09. The van der Waals surface area contributed by atoms with E-state index < -0.39 is 11.7 Å². The molecule has 1 aliphatic rings. The summed E-state index contributed by atoms with van der Waals surface area (Å²) < 4.78 is 38.4. The van der Waals surface area contributed by atoms with Crippen molar-refractivity contribution in [3.05, 3.63) is 86.8 Å². The number of H-pyrrole nitrogens is 1. The molecule has 0 amide bonds. The van der Waals surface area contributed by atoms with Crippen molar-refractivity contribution in [2.24, 2.45) is 0 Å². The monoisotopic (exact) mass is 410 g/mol. The second-order valence-corrected chi connectivity index (χ2v) is 7.14. The number of alkyl halides is 3. The zero-order valence-corrected chi connectivity index (χ0v) is 15.8. The summed E-state index contributed by atoms with van der Waals surface area (Å²) >= 11 is 0. The maximum atomic E-state index is 12.8. The highest BCUT2D eigenvalue weighted by atomic mass is 19.4. The lowest BCUT2D eigenvalue weighted by Crippen LogP contribution is -2.35. The molecule has 0 radical (unpaired) electrons. The maximum Gasteiger partial charge on any atom is 0.416 e. The fraction of sp³-hybridized carbons (Fsp3) is 0.227. The first-order valence-electron chi connectivity index (χ1n) is 9.35. The normalized spacial score (nSPS) is 14.2. The van der Waals surface area contributed by atoms with E-state index in [4.69, 9.17) is 0 Å². The van der Waals surface area contributed by atoms with Crippen LogP contribution in [-0.2, 0) is 25.7 Å². The number of aromatic amines is 1. The Morgan fingerprint density at radius 2 is 1.87 bits per heavy atom. The molecule has 0 saturated carbocycles. The van der Waals surface area contributed by atoms with E-state index in [-0.39, 0.29) is 11.4 Å². The lowest BCUT2D eigenvalue weighted by molar-refractivity contribution is -0.137. The zero-order chi connectivity index (χ0) is 21.3. The van der Waals surface area contributed by atoms with Crippen LogP contribution in [0, 0.1) is 11.3 Å². The van der Waals surface area contributed by atoms with E-state index in [1.165, 1.54) is 12.1 Å². The third kappa shape index (κ3) is 3.98. The molecule has 0 saturated heterocycles. The van der Waals surface area contributed by atoms with Gasteiger partial charge in [-0.15, -0.1) is 0 Å². The van der Waals surface area contributed by atoms with Crippen LogP contribution < -0.4 is 5.56 Å². The summed E-state index contributed by atoms with van der Waals surface area (Å²) in [5.74, 6) is 0.242. The fourth-order valence-corrected chi connectivity index (χ4v) is 3.59. The number of nitrogens with zero attached hydrogens (tertiary/aromatic N) is 3. The van der Waals surface area contributed by atoms with Crippen molar-refractivity contribution in [1.29, 1.82) is 5.26 Å². The van der Waals surface area contributed by atoms with Gasteiger partial charge < -0.3 is 4.98 Å². The molecular formula is C22H17F3N4O. The number of nitrogens with one attached hydrogen (secondary N) is 1. The van der Waals surface area contributed by atoms with Crippen molar-refractivity contribution >= 4 is 0 Å². The quantitative estimate of drug-likeness (QED) is 0.711. The molecule has 8 heteroatoms. The van der Waals surface area contributed by atoms with E-state index >= 15 is 0 Å². The van der Waals surface area contributed by atoms with Crippen molar-refractivity contribution < 1.29 is 13.2 Å². The van der Waals surface area contributed by atoms with Crippen LogP contribution in [0.3, 0.4) is 0 Å². The van der Waals surface area contributed by atoms with Crippen LogP contribution in [0.1, 0.15) is 27.9 Å². The molecule has 152 valence electrons. The molecule has 0 fully saturated rings. The van der Waals surface area contributed by atoms with Crippen LogP contribution in [-0.4, -0.2) is 21.4 Å². The summed E-state index contributed by atoms with van der Waals surface area (Å²) in [6.07, 6.45) is -3.91. The minimum atomic E-state index is -4.42. The van der Waals surface area contributed by atoms with Crippen molar-refractivity contribution in [1.82, 2.24) is 14.9 Å². The Kier molecular flexibility index (Phi) is 5.14. The van der Waals surface area contributed by atoms with Gasteiger partial charge in [-0.1, -0.05) is 30.3 Å². The molecule has 0 atom stereocenters. The highest BCUT2D eigenvalue weighted by Gasteiger charge is 2.30. The summed E-state index contributed by atoms with van der Waals surface area (Å²) in [6, 6.07) is 14.1. The van der Waals surface area contributed by atoms with Crippen molar-refractivity contribution in [3.8, 4) is 17.5 Å². The van der Waals surface area contributed by atoms with Gasteiger partial charge in [0.25, 0.3) is 5.56 Å². The van der Waals surface area contributed by atoms with Crippen LogP contribution in [0.4, 0.5) is 13.2 Å². The Hall–Kier alpha value is -3.44. The lowest BCUT2D eigenvalue weighted by Gasteiger charge is -2.28. The molecule has 5 nitrogen and oxygen atoms in total. The van der Waals surface area contributed by atoms with Gasteiger partial charge in [0.15, 0.2) is 0 Å². The van der Waals surface area contributed by atoms with Gasteiger partial charge in [0, 0.05) is 30.8 Å². The average molecular weight is 410 g/mol. The van der Waals surface area contributed by atoms with E-state index in [9.17, 15) is 23.2 Å². The Labute approximate surface area is 170 Å².